The van der Waals surface area contributed by atoms with E-state index in [0.717, 1.165) is 0 Å². The number of aliphatic hydroxyl groups excluding tert-OH is 3. The van der Waals surface area contributed by atoms with E-state index < -0.39 is 41.2 Å². The zero-order chi connectivity index (χ0) is 15.1. The van der Waals surface area contributed by atoms with E-state index in [2.05, 4.69) is 6.58 Å². The summed E-state index contributed by atoms with van der Waals surface area (Å²) in [6.45, 7) is 9.03. The predicted octanol–water partition coefficient (Wildman–Crippen LogP) is 0.0294. The molecule has 1 heterocycles. The van der Waals surface area contributed by atoms with Crippen LogP contribution in [0.4, 0.5) is 0 Å². The van der Waals surface area contributed by atoms with Gasteiger partial charge in [0.05, 0.1) is 12.7 Å². The quantitative estimate of drug-likeness (QED) is 0.491. The van der Waals surface area contributed by atoms with Crippen LogP contribution in [0.2, 0.25) is 0 Å². The van der Waals surface area contributed by atoms with Crippen LogP contribution in [0.5, 0.6) is 0 Å². The van der Waals surface area contributed by atoms with Crippen molar-refractivity contribution in [1.82, 2.24) is 0 Å². The number of aliphatic hydroxyl groups is 3. The van der Waals surface area contributed by atoms with Gasteiger partial charge in [0.1, 0.15) is 11.7 Å². The fourth-order valence-electron chi connectivity index (χ4n) is 4.55. The maximum Gasteiger partial charge on any atom is 0.200 e. The molecule has 3 fully saturated rings. The summed E-state index contributed by atoms with van der Waals surface area (Å²) in [5.74, 6) is -0.874. The van der Waals surface area contributed by atoms with Crippen molar-refractivity contribution in [3.63, 3.8) is 0 Å². The largest absolute Gasteiger partial charge is 0.392 e. The molecule has 0 aromatic heterocycles. The zero-order valence-corrected chi connectivity index (χ0v) is 12.1. The Bertz CT molecular complexity index is 498. The van der Waals surface area contributed by atoms with Crippen molar-refractivity contribution in [2.24, 2.45) is 17.3 Å². The second kappa shape index (κ2) is 3.71. The average molecular weight is 282 g/mol. The third-order valence-electron chi connectivity index (χ3n) is 5.71. The molecule has 0 aromatic carbocycles. The minimum absolute atomic E-state index is 0.122. The first kappa shape index (κ1) is 14.2. The Labute approximate surface area is 118 Å². The van der Waals surface area contributed by atoms with Gasteiger partial charge in [0, 0.05) is 5.92 Å². The van der Waals surface area contributed by atoms with Gasteiger partial charge in [0.2, 0.25) is 5.78 Å². The van der Waals surface area contributed by atoms with Crippen molar-refractivity contribution in [3.8, 4) is 0 Å². The van der Waals surface area contributed by atoms with Gasteiger partial charge >= 0.3 is 0 Å². The molecular weight excluding hydrogens is 260 g/mol. The van der Waals surface area contributed by atoms with Crippen LogP contribution in [-0.2, 0) is 9.53 Å². The maximum absolute atomic E-state index is 12.5. The minimum atomic E-state index is -1.41. The molecule has 1 spiro atoms. The molecule has 1 saturated heterocycles. The topological polar surface area (TPSA) is 90.3 Å². The number of epoxide rings is 1. The molecule has 2 saturated carbocycles. The smallest absolute Gasteiger partial charge is 0.200 e. The van der Waals surface area contributed by atoms with Gasteiger partial charge in [-0.05, 0) is 23.3 Å². The van der Waals surface area contributed by atoms with E-state index in [9.17, 15) is 20.1 Å². The van der Waals surface area contributed by atoms with E-state index in [-0.39, 0.29) is 17.4 Å². The number of hydrogen-bond acceptors (Lipinski definition) is 5. The van der Waals surface area contributed by atoms with Crippen molar-refractivity contribution in [3.05, 3.63) is 12.2 Å². The highest BCUT2D eigenvalue weighted by Crippen LogP contribution is 2.72. The van der Waals surface area contributed by atoms with Crippen LogP contribution in [0.25, 0.3) is 0 Å². The van der Waals surface area contributed by atoms with Crippen molar-refractivity contribution in [2.45, 2.75) is 50.6 Å². The van der Waals surface area contributed by atoms with Crippen LogP contribution < -0.4 is 0 Å². The molecule has 5 nitrogen and oxygen atoms in total. The van der Waals surface area contributed by atoms with E-state index in [1.807, 2.05) is 20.8 Å². The first-order valence-corrected chi connectivity index (χ1v) is 7.06. The molecule has 1 aliphatic heterocycles. The van der Waals surface area contributed by atoms with Gasteiger partial charge in [0.25, 0.3) is 0 Å². The Kier molecular flexibility index (Phi) is 2.64. The predicted molar refractivity (Wildman–Crippen MR) is 70.8 cm³/mol. The monoisotopic (exact) mass is 282 g/mol. The molecule has 3 N–H and O–H groups in total. The molecule has 6 atom stereocenters. The van der Waals surface area contributed by atoms with Crippen molar-refractivity contribution in [2.75, 3.05) is 6.61 Å². The third-order valence-corrected chi connectivity index (χ3v) is 5.71. The maximum atomic E-state index is 12.5. The highest BCUT2D eigenvalue weighted by Gasteiger charge is 2.88. The van der Waals surface area contributed by atoms with Crippen LogP contribution in [-0.4, -0.2) is 51.1 Å². The average Bonchev–Trinajstić information content (AvgIpc) is 3.07. The lowest BCUT2D eigenvalue weighted by atomic mass is 9.64. The summed E-state index contributed by atoms with van der Waals surface area (Å²) in [5, 5.41) is 30.3. The van der Waals surface area contributed by atoms with Crippen molar-refractivity contribution < 1.29 is 24.9 Å². The Morgan fingerprint density at radius 1 is 1.45 bits per heavy atom. The number of carbonyl (C=O) groups excluding carboxylic acids is 1. The lowest BCUT2D eigenvalue weighted by Crippen LogP contribution is -2.57. The Hall–Kier alpha value is -0.750. The van der Waals surface area contributed by atoms with Crippen molar-refractivity contribution >= 4 is 5.78 Å². The summed E-state index contributed by atoms with van der Waals surface area (Å²) in [4.78, 5) is 12.5. The van der Waals surface area contributed by atoms with E-state index in [0.29, 0.717) is 6.42 Å². The van der Waals surface area contributed by atoms with E-state index in [1.165, 1.54) is 0 Å². The highest BCUT2D eigenvalue weighted by molar-refractivity contribution is 6.00. The molecule has 0 amide bonds. The molecule has 112 valence electrons. The molecule has 5 heteroatoms. The van der Waals surface area contributed by atoms with Crippen LogP contribution in [0.1, 0.15) is 27.2 Å². The molecule has 3 aliphatic rings. The second-order valence-corrected chi connectivity index (χ2v) is 7.21. The Balaban J connectivity index is 2.15. The molecule has 0 aromatic rings. The summed E-state index contributed by atoms with van der Waals surface area (Å²) in [5.41, 5.74) is -2.60. The zero-order valence-electron chi connectivity index (χ0n) is 12.1. The normalized spacial score (nSPS) is 52.4. The molecule has 2 aliphatic carbocycles. The summed E-state index contributed by atoms with van der Waals surface area (Å²) in [6, 6.07) is 0. The van der Waals surface area contributed by atoms with Gasteiger partial charge in [-0.15, -0.1) is 0 Å². The first-order chi connectivity index (χ1) is 9.16. The third kappa shape index (κ3) is 1.21. The summed E-state index contributed by atoms with van der Waals surface area (Å²) < 4.78 is 5.81. The molecular formula is C15H22O5. The van der Waals surface area contributed by atoms with Gasteiger partial charge < -0.3 is 20.1 Å². The van der Waals surface area contributed by atoms with Gasteiger partial charge in [-0.3, -0.25) is 4.79 Å². The lowest BCUT2D eigenvalue weighted by molar-refractivity contribution is -0.137. The number of ketones is 1. The number of rotatable bonds is 2. The molecule has 0 radical (unpaired) electrons. The van der Waals surface area contributed by atoms with Gasteiger partial charge in [-0.25, -0.2) is 0 Å². The van der Waals surface area contributed by atoms with Gasteiger partial charge in [-0.1, -0.05) is 27.4 Å². The molecule has 0 bridgehead atoms. The van der Waals surface area contributed by atoms with Gasteiger partial charge in [0.15, 0.2) is 5.60 Å². The van der Waals surface area contributed by atoms with E-state index >= 15 is 0 Å². The summed E-state index contributed by atoms with van der Waals surface area (Å²) in [6.07, 6.45) is -1.29. The Morgan fingerprint density at radius 3 is 2.60 bits per heavy atom. The van der Waals surface area contributed by atoms with Crippen LogP contribution in [0.15, 0.2) is 12.2 Å². The molecule has 6 unspecified atom stereocenters. The number of ether oxygens (including phenoxy) is 1. The fraction of sp³-hybridized carbons (Fsp3) is 0.800. The van der Waals surface area contributed by atoms with E-state index in [1.54, 1.807) is 0 Å². The summed E-state index contributed by atoms with van der Waals surface area (Å²) >= 11 is 0. The summed E-state index contributed by atoms with van der Waals surface area (Å²) in [7, 11) is 0. The SMILES string of the molecule is C=C(CO)C12OC13C(CC(C)(C)C3O)C(C)C(O)C2=O. The van der Waals surface area contributed by atoms with E-state index in [4.69, 9.17) is 4.74 Å². The van der Waals surface area contributed by atoms with Crippen LogP contribution in [0, 0.1) is 17.3 Å². The van der Waals surface area contributed by atoms with Crippen LogP contribution in [0.3, 0.4) is 0 Å². The number of hydrogen-bond donors (Lipinski definition) is 3. The Morgan fingerprint density at radius 2 is 2.05 bits per heavy atom. The molecule has 20 heavy (non-hydrogen) atoms. The highest BCUT2D eigenvalue weighted by atomic mass is 16.7. The second-order valence-electron chi connectivity index (χ2n) is 7.21. The van der Waals surface area contributed by atoms with Crippen molar-refractivity contribution in [1.29, 1.82) is 0 Å². The van der Waals surface area contributed by atoms with Gasteiger partial charge in [-0.2, -0.15) is 0 Å². The standard InChI is InChI=1S/C15H22O5/c1-7(6-16)14-11(18)10(17)8(2)9-5-13(3,4)12(19)15(9,14)20-14/h8-10,12,16-17,19H,1,5-6H2,2-4H3. The number of carbonyl (C=O) groups is 1. The number of Topliss-reactive ketones (excluding diaryl/α,β-unsaturated/α-hetero) is 1. The fourth-order valence-corrected chi connectivity index (χ4v) is 4.55. The lowest BCUT2D eigenvalue weighted by Gasteiger charge is -2.36. The molecule has 3 rings (SSSR count). The minimum Gasteiger partial charge on any atom is -0.392 e. The first-order valence-electron chi connectivity index (χ1n) is 7.06. The van der Waals surface area contributed by atoms with Crippen LogP contribution >= 0.6 is 0 Å².